The van der Waals surface area contributed by atoms with Crippen molar-refractivity contribution < 1.29 is 4.74 Å². The highest BCUT2D eigenvalue weighted by atomic mass is 32.1. The van der Waals surface area contributed by atoms with Crippen LogP contribution in [-0.2, 0) is 11.3 Å². The lowest BCUT2D eigenvalue weighted by Crippen LogP contribution is -2.36. The second-order valence-corrected chi connectivity index (χ2v) is 10.3. The molecule has 0 radical (unpaired) electrons. The number of rotatable bonds is 6. The summed E-state index contributed by atoms with van der Waals surface area (Å²) in [5.74, 6) is 0. The molecule has 7 nitrogen and oxygen atoms in total. The van der Waals surface area contributed by atoms with Crippen molar-refractivity contribution in [2.24, 2.45) is 0 Å². The maximum absolute atomic E-state index is 5.89. The van der Waals surface area contributed by atoms with Crippen molar-refractivity contribution in [2.75, 3.05) is 31.2 Å². The van der Waals surface area contributed by atoms with E-state index in [0.717, 1.165) is 48.4 Å². The number of benzene rings is 1. The highest BCUT2D eigenvalue weighted by molar-refractivity contribution is 7.80. The predicted octanol–water partition coefficient (Wildman–Crippen LogP) is 4.89. The quantitative estimate of drug-likeness (QED) is 0.360. The van der Waals surface area contributed by atoms with Gasteiger partial charge in [-0.15, -0.1) is 0 Å². The monoisotopic (exact) mass is 524 g/mol. The Morgan fingerprint density at radius 1 is 0.974 bits per heavy atom. The summed E-state index contributed by atoms with van der Waals surface area (Å²) in [6.45, 7) is 8.48. The van der Waals surface area contributed by atoms with Gasteiger partial charge in [0.1, 0.15) is 0 Å². The van der Waals surface area contributed by atoms with Crippen molar-refractivity contribution in [3.8, 4) is 5.69 Å². The minimum Gasteiger partial charge on any atom is -0.378 e. The third-order valence-corrected chi connectivity index (χ3v) is 7.90. The number of hydrogen-bond donors (Lipinski definition) is 1. The van der Waals surface area contributed by atoms with Crippen molar-refractivity contribution in [1.82, 2.24) is 24.8 Å². The van der Waals surface area contributed by atoms with Gasteiger partial charge in [-0.1, -0.05) is 12.1 Å². The van der Waals surface area contributed by atoms with Gasteiger partial charge in [-0.25, -0.2) is 0 Å². The number of nitrogens with zero attached hydrogens (tertiary/aromatic N) is 5. The zero-order chi connectivity index (χ0) is 26.1. The molecule has 2 saturated heterocycles. The largest absolute Gasteiger partial charge is 0.378 e. The lowest BCUT2D eigenvalue weighted by atomic mass is 9.96. The van der Waals surface area contributed by atoms with Gasteiger partial charge in [0.15, 0.2) is 5.11 Å². The Morgan fingerprint density at radius 2 is 1.76 bits per heavy atom. The first kappa shape index (κ1) is 24.6. The minimum atomic E-state index is -0.0574. The SMILES string of the molecule is Cc1cc([C@H]2[C@@H](c3ccccn3)NC(=S)N2Cc2cccnc2)c(C)n1-c1ccc(N2CCOCC2)cc1. The zero-order valence-electron chi connectivity index (χ0n) is 21.7. The van der Waals surface area contributed by atoms with E-state index in [4.69, 9.17) is 21.9 Å². The van der Waals surface area contributed by atoms with Gasteiger partial charge < -0.3 is 24.4 Å². The molecule has 4 aromatic rings. The molecule has 0 bridgehead atoms. The maximum atomic E-state index is 5.89. The number of anilines is 1. The van der Waals surface area contributed by atoms with E-state index in [9.17, 15) is 0 Å². The normalized spacial score (nSPS) is 19.6. The molecule has 194 valence electrons. The molecule has 2 aliphatic rings. The predicted molar refractivity (Wildman–Crippen MR) is 154 cm³/mol. The van der Waals surface area contributed by atoms with E-state index >= 15 is 0 Å². The van der Waals surface area contributed by atoms with Gasteiger partial charge in [-0.05, 0) is 85.7 Å². The molecule has 0 spiro atoms. The van der Waals surface area contributed by atoms with Crippen LogP contribution in [0, 0.1) is 13.8 Å². The van der Waals surface area contributed by atoms with Gasteiger partial charge in [0.2, 0.25) is 0 Å². The zero-order valence-corrected chi connectivity index (χ0v) is 22.6. The molecular weight excluding hydrogens is 492 g/mol. The van der Waals surface area contributed by atoms with Crippen LogP contribution >= 0.6 is 12.2 Å². The molecule has 0 saturated carbocycles. The average Bonchev–Trinajstić information content (AvgIpc) is 3.44. The molecule has 1 aromatic carbocycles. The van der Waals surface area contributed by atoms with E-state index in [2.05, 4.69) is 81.0 Å². The number of morpholine rings is 1. The fraction of sp³-hybridized carbons (Fsp3) is 0.300. The third kappa shape index (κ3) is 4.66. The molecule has 38 heavy (non-hydrogen) atoms. The molecule has 0 amide bonds. The highest BCUT2D eigenvalue weighted by Gasteiger charge is 2.41. The number of thiocarbonyl (C=S) groups is 1. The van der Waals surface area contributed by atoms with Crippen LogP contribution in [0.2, 0.25) is 0 Å². The second-order valence-electron chi connectivity index (χ2n) is 9.89. The molecule has 0 unspecified atom stereocenters. The molecule has 6 rings (SSSR count). The van der Waals surface area contributed by atoms with Crippen molar-refractivity contribution in [1.29, 1.82) is 0 Å². The smallest absolute Gasteiger partial charge is 0.170 e. The van der Waals surface area contributed by atoms with Crippen LogP contribution < -0.4 is 10.2 Å². The van der Waals surface area contributed by atoms with Gasteiger partial charge in [0.25, 0.3) is 0 Å². The van der Waals surface area contributed by atoms with Gasteiger partial charge in [-0.2, -0.15) is 0 Å². The van der Waals surface area contributed by atoms with Crippen molar-refractivity contribution in [2.45, 2.75) is 32.5 Å². The fourth-order valence-corrected chi connectivity index (χ4v) is 6.03. The van der Waals surface area contributed by atoms with Crippen LogP contribution in [0.4, 0.5) is 5.69 Å². The van der Waals surface area contributed by atoms with Crippen LogP contribution in [0.1, 0.15) is 40.3 Å². The molecule has 2 aliphatic heterocycles. The minimum absolute atomic E-state index is 0.00909. The summed E-state index contributed by atoms with van der Waals surface area (Å²) in [4.78, 5) is 13.7. The van der Waals surface area contributed by atoms with Crippen LogP contribution in [0.3, 0.4) is 0 Å². The van der Waals surface area contributed by atoms with Crippen molar-refractivity contribution in [3.05, 3.63) is 107 Å². The molecule has 0 aliphatic carbocycles. The average molecular weight is 525 g/mol. The summed E-state index contributed by atoms with van der Waals surface area (Å²) in [5, 5.41) is 4.31. The molecule has 3 aromatic heterocycles. The Labute approximate surface area is 229 Å². The number of pyridine rings is 2. The van der Waals surface area contributed by atoms with E-state index in [1.807, 2.05) is 30.6 Å². The lowest BCUT2D eigenvalue weighted by molar-refractivity contribution is 0.122. The summed E-state index contributed by atoms with van der Waals surface area (Å²) in [5.41, 5.74) is 8.13. The Balaban J connectivity index is 1.38. The highest BCUT2D eigenvalue weighted by Crippen LogP contribution is 2.42. The van der Waals surface area contributed by atoms with E-state index in [0.29, 0.717) is 6.54 Å². The van der Waals surface area contributed by atoms with E-state index in [1.54, 1.807) is 6.20 Å². The van der Waals surface area contributed by atoms with Gasteiger partial charge in [0.05, 0.1) is 31.0 Å². The summed E-state index contributed by atoms with van der Waals surface area (Å²) in [6, 6.07) is 21.2. The summed E-state index contributed by atoms with van der Waals surface area (Å²) < 4.78 is 7.86. The molecule has 2 atom stereocenters. The molecule has 2 fully saturated rings. The van der Waals surface area contributed by atoms with E-state index in [-0.39, 0.29) is 12.1 Å². The van der Waals surface area contributed by atoms with Crippen LogP contribution in [0.5, 0.6) is 0 Å². The number of nitrogens with one attached hydrogen (secondary N) is 1. The van der Waals surface area contributed by atoms with Crippen LogP contribution in [0.25, 0.3) is 5.69 Å². The van der Waals surface area contributed by atoms with Gasteiger partial charge >= 0.3 is 0 Å². The molecule has 5 heterocycles. The molecule has 8 heteroatoms. The first-order chi connectivity index (χ1) is 18.6. The van der Waals surface area contributed by atoms with Gasteiger partial charge in [-0.3, -0.25) is 9.97 Å². The Kier molecular flexibility index (Phi) is 6.82. The van der Waals surface area contributed by atoms with Crippen LogP contribution in [-0.4, -0.2) is 50.9 Å². The summed E-state index contributed by atoms with van der Waals surface area (Å²) >= 11 is 5.89. The number of aryl methyl sites for hydroxylation is 1. The Morgan fingerprint density at radius 3 is 2.47 bits per heavy atom. The number of aromatic nitrogens is 3. The fourth-order valence-electron chi connectivity index (χ4n) is 5.72. The van der Waals surface area contributed by atoms with Crippen molar-refractivity contribution >= 4 is 23.0 Å². The van der Waals surface area contributed by atoms with E-state index in [1.165, 1.54) is 22.6 Å². The van der Waals surface area contributed by atoms with E-state index < -0.39 is 0 Å². The van der Waals surface area contributed by atoms with Crippen LogP contribution in [0.15, 0.2) is 79.3 Å². The number of ether oxygens (including phenoxy) is 1. The molecular formula is C30H32N6OS. The molecule has 1 N–H and O–H groups in total. The first-order valence-electron chi connectivity index (χ1n) is 13.1. The maximum Gasteiger partial charge on any atom is 0.170 e. The third-order valence-electron chi connectivity index (χ3n) is 7.55. The Hall–Kier alpha value is -3.75. The standard InChI is InChI=1S/C30H32N6OS/c1-21-18-26(22(2)36(21)25-10-8-24(9-11-25)34-14-16-37-17-15-34)29-28(27-7-3-4-13-32-27)33-30(38)35(29)20-23-6-5-12-31-19-23/h3-13,18-19,28-29H,14-17,20H2,1-2H3,(H,33,38)/t28-,29+/m1/s1. The Bertz CT molecular complexity index is 1400. The summed E-state index contributed by atoms with van der Waals surface area (Å²) in [6.07, 6.45) is 5.56. The second kappa shape index (κ2) is 10.6. The number of hydrogen-bond acceptors (Lipinski definition) is 5. The summed E-state index contributed by atoms with van der Waals surface area (Å²) in [7, 11) is 0. The van der Waals surface area contributed by atoms with Gasteiger partial charge in [0, 0.05) is 61.0 Å². The lowest BCUT2D eigenvalue weighted by Gasteiger charge is -2.29. The topological polar surface area (TPSA) is 58.5 Å². The first-order valence-corrected chi connectivity index (χ1v) is 13.5. The van der Waals surface area contributed by atoms with Crippen molar-refractivity contribution in [3.63, 3.8) is 0 Å².